The molecule has 0 saturated carbocycles. The highest BCUT2D eigenvalue weighted by molar-refractivity contribution is 5.98. The Kier molecular flexibility index (Phi) is 4.34. The lowest BCUT2D eigenvalue weighted by Gasteiger charge is -2.10. The first kappa shape index (κ1) is 12.1. The zero-order valence-electron chi connectivity index (χ0n) is 9.34. The number of ether oxygens (including phenoxy) is 1. The molecular formula is C12H14N2O2. The molecule has 4 heteroatoms. The quantitative estimate of drug-likeness (QED) is 0.480. The SMILES string of the molecule is CCC(C#N)Oc1cccc(C(C)=NO)c1. The summed E-state index contributed by atoms with van der Waals surface area (Å²) in [5.74, 6) is 0.605. The van der Waals surface area contributed by atoms with Crippen molar-refractivity contribution < 1.29 is 9.94 Å². The van der Waals surface area contributed by atoms with E-state index >= 15 is 0 Å². The summed E-state index contributed by atoms with van der Waals surface area (Å²) in [4.78, 5) is 0. The minimum absolute atomic E-state index is 0.443. The van der Waals surface area contributed by atoms with Gasteiger partial charge in [-0.1, -0.05) is 24.2 Å². The summed E-state index contributed by atoms with van der Waals surface area (Å²) in [6.45, 7) is 3.58. The van der Waals surface area contributed by atoms with Crippen LogP contribution in [-0.4, -0.2) is 17.0 Å². The van der Waals surface area contributed by atoms with E-state index in [0.717, 1.165) is 5.56 Å². The first-order valence-electron chi connectivity index (χ1n) is 5.06. The molecule has 0 saturated heterocycles. The highest BCUT2D eigenvalue weighted by atomic mass is 16.5. The number of nitrogens with zero attached hydrogens (tertiary/aromatic N) is 2. The molecule has 0 spiro atoms. The van der Waals surface area contributed by atoms with Gasteiger partial charge < -0.3 is 9.94 Å². The Balaban J connectivity index is 2.87. The van der Waals surface area contributed by atoms with Crippen molar-refractivity contribution in [3.8, 4) is 11.8 Å². The van der Waals surface area contributed by atoms with Crippen molar-refractivity contribution in [2.24, 2.45) is 5.16 Å². The van der Waals surface area contributed by atoms with E-state index in [1.165, 1.54) is 0 Å². The summed E-state index contributed by atoms with van der Waals surface area (Å²) in [6.07, 6.45) is 0.190. The van der Waals surface area contributed by atoms with Crippen molar-refractivity contribution in [2.75, 3.05) is 0 Å². The van der Waals surface area contributed by atoms with Gasteiger partial charge in [-0.3, -0.25) is 0 Å². The van der Waals surface area contributed by atoms with Gasteiger partial charge in [0.25, 0.3) is 0 Å². The number of hydrogen-bond donors (Lipinski definition) is 1. The zero-order valence-corrected chi connectivity index (χ0v) is 9.34. The Morgan fingerprint density at radius 1 is 1.62 bits per heavy atom. The lowest BCUT2D eigenvalue weighted by molar-refractivity contribution is 0.252. The summed E-state index contributed by atoms with van der Waals surface area (Å²) in [7, 11) is 0. The van der Waals surface area contributed by atoms with Crippen LogP contribution in [0.15, 0.2) is 29.4 Å². The molecule has 1 unspecified atom stereocenters. The molecule has 0 bridgehead atoms. The molecule has 0 radical (unpaired) electrons. The first-order chi connectivity index (χ1) is 7.71. The van der Waals surface area contributed by atoms with Crippen molar-refractivity contribution >= 4 is 5.71 Å². The van der Waals surface area contributed by atoms with E-state index in [-0.39, 0.29) is 0 Å². The fourth-order valence-electron chi connectivity index (χ4n) is 1.22. The standard InChI is InChI=1S/C12H14N2O2/c1-3-11(8-13)16-12-6-4-5-10(7-12)9(2)14-15/h4-7,11,15H,3H2,1-2H3. The van der Waals surface area contributed by atoms with Crippen molar-refractivity contribution in [2.45, 2.75) is 26.4 Å². The molecule has 1 aromatic rings. The van der Waals surface area contributed by atoms with Gasteiger partial charge in [-0.05, 0) is 25.5 Å². The summed E-state index contributed by atoms with van der Waals surface area (Å²) in [5, 5.41) is 20.5. The van der Waals surface area contributed by atoms with Crippen LogP contribution in [0.5, 0.6) is 5.75 Å². The Morgan fingerprint density at radius 3 is 2.94 bits per heavy atom. The van der Waals surface area contributed by atoms with Gasteiger partial charge in [0.2, 0.25) is 0 Å². The Labute approximate surface area is 94.8 Å². The van der Waals surface area contributed by atoms with Gasteiger partial charge in [-0.2, -0.15) is 5.26 Å². The van der Waals surface area contributed by atoms with Gasteiger partial charge >= 0.3 is 0 Å². The second kappa shape index (κ2) is 5.76. The Morgan fingerprint density at radius 2 is 2.38 bits per heavy atom. The van der Waals surface area contributed by atoms with E-state index < -0.39 is 6.10 Å². The second-order valence-electron chi connectivity index (χ2n) is 3.36. The highest BCUT2D eigenvalue weighted by Gasteiger charge is 2.07. The summed E-state index contributed by atoms with van der Waals surface area (Å²) < 4.78 is 5.45. The molecule has 1 atom stereocenters. The summed E-state index contributed by atoms with van der Waals surface area (Å²) in [5.41, 5.74) is 1.28. The average Bonchev–Trinajstić information content (AvgIpc) is 2.35. The van der Waals surface area contributed by atoms with Crippen LogP contribution >= 0.6 is 0 Å². The van der Waals surface area contributed by atoms with Crippen molar-refractivity contribution in [1.82, 2.24) is 0 Å². The lowest BCUT2D eigenvalue weighted by Crippen LogP contribution is -2.12. The molecule has 1 rings (SSSR count). The molecule has 16 heavy (non-hydrogen) atoms. The highest BCUT2D eigenvalue weighted by Crippen LogP contribution is 2.16. The second-order valence-corrected chi connectivity index (χ2v) is 3.36. The van der Waals surface area contributed by atoms with E-state index in [4.69, 9.17) is 15.2 Å². The van der Waals surface area contributed by atoms with Crippen LogP contribution in [0.1, 0.15) is 25.8 Å². The van der Waals surface area contributed by atoms with E-state index in [9.17, 15) is 0 Å². The third-order valence-corrected chi connectivity index (χ3v) is 2.19. The van der Waals surface area contributed by atoms with Crippen LogP contribution in [0.3, 0.4) is 0 Å². The summed E-state index contributed by atoms with van der Waals surface area (Å²) >= 11 is 0. The molecule has 84 valence electrons. The number of hydrogen-bond acceptors (Lipinski definition) is 4. The molecule has 0 fully saturated rings. The Bertz CT molecular complexity index is 421. The number of benzene rings is 1. The van der Waals surface area contributed by atoms with E-state index in [0.29, 0.717) is 17.9 Å². The van der Waals surface area contributed by atoms with Crippen LogP contribution in [0.4, 0.5) is 0 Å². The molecule has 1 aromatic carbocycles. The van der Waals surface area contributed by atoms with Gasteiger partial charge in [0.15, 0.2) is 6.10 Å². The van der Waals surface area contributed by atoms with Crippen molar-refractivity contribution in [3.63, 3.8) is 0 Å². The maximum Gasteiger partial charge on any atom is 0.184 e. The predicted molar refractivity (Wildman–Crippen MR) is 60.8 cm³/mol. The predicted octanol–water partition coefficient (Wildman–Crippen LogP) is 2.57. The molecule has 4 nitrogen and oxygen atoms in total. The average molecular weight is 218 g/mol. The van der Waals surface area contributed by atoms with Crippen LogP contribution in [-0.2, 0) is 0 Å². The van der Waals surface area contributed by atoms with Crippen LogP contribution < -0.4 is 4.74 Å². The molecular weight excluding hydrogens is 204 g/mol. The number of rotatable bonds is 4. The monoisotopic (exact) mass is 218 g/mol. The summed E-state index contributed by atoms with van der Waals surface area (Å²) in [6, 6.07) is 9.19. The van der Waals surface area contributed by atoms with Gasteiger partial charge in [-0.25, -0.2) is 0 Å². The normalized spacial score (nSPS) is 12.9. The lowest BCUT2D eigenvalue weighted by atomic mass is 10.1. The number of oxime groups is 1. The van der Waals surface area contributed by atoms with Crippen LogP contribution in [0.25, 0.3) is 0 Å². The van der Waals surface area contributed by atoms with Crippen molar-refractivity contribution in [3.05, 3.63) is 29.8 Å². The number of nitriles is 1. The maximum absolute atomic E-state index is 8.77. The molecule has 0 aromatic heterocycles. The van der Waals surface area contributed by atoms with Gasteiger partial charge in [-0.15, -0.1) is 0 Å². The van der Waals surface area contributed by atoms with E-state index in [1.807, 2.05) is 13.0 Å². The maximum atomic E-state index is 8.77. The molecule has 0 heterocycles. The fourth-order valence-corrected chi connectivity index (χ4v) is 1.22. The fraction of sp³-hybridized carbons (Fsp3) is 0.333. The molecule has 0 aliphatic heterocycles. The Hall–Kier alpha value is -2.02. The van der Waals surface area contributed by atoms with Crippen LogP contribution in [0.2, 0.25) is 0 Å². The van der Waals surface area contributed by atoms with Gasteiger partial charge in [0.1, 0.15) is 11.8 Å². The largest absolute Gasteiger partial charge is 0.476 e. The van der Waals surface area contributed by atoms with Crippen molar-refractivity contribution in [1.29, 1.82) is 5.26 Å². The van der Waals surface area contributed by atoms with Gasteiger partial charge in [0.05, 0.1) is 5.71 Å². The topological polar surface area (TPSA) is 65.6 Å². The molecule has 0 amide bonds. The van der Waals surface area contributed by atoms with Gasteiger partial charge in [0, 0.05) is 5.56 Å². The minimum atomic E-state index is -0.443. The molecule has 0 aliphatic rings. The zero-order chi connectivity index (χ0) is 12.0. The minimum Gasteiger partial charge on any atom is -0.476 e. The first-order valence-corrected chi connectivity index (χ1v) is 5.06. The van der Waals surface area contributed by atoms with E-state index in [1.54, 1.807) is 25.1 Å². The van der Waals surface area contributed by atoms with Crippen LogP contribution in [0, 0.1) is 11.3 Å². The third kappa shape index (κ3) is 2.99. The third-order valence-electron chi connectivity index (χ3n) is 2.19. The smallest absolute Gasteiger partial charge is 0.184 e. The van der Waals surface area contributed by atoms with E-state index in [2.05, 4.69) is 11.2 Å². The molecule has 0 aliphatic carbocycles. The molecule has 1 N–H and O–H groups in total.